The fourth-order valence-corrected chi connectivity index (χ4v) is 4.03. The van der Waals surface area contributed by atoms with Gasteiger partial charge in [0.2, 0.25) is 5.88 Å². The van der Waals surface area contributed by atoms with E-state index in [1.165, 1.54) is 0 Å². The molecule has 1 aliphatic rings. The molecule has 3 rings (SSSR count). The molecule has 0 bridgehead atoms. The maximum Gasteiger partial charge on any atom is 0.259 e. The van der Waals surface area contributed by atoms with Crippen molar-refractivity contribution in [2.24, 2.45) is 5.92 Å². The molecule has 0 radical (unpaired) electrons. The van der Waals surface area contributed by atoms with Crippen LogP contribution in [-0.4, -0.2) is 71.2 Å². The van der Waals surface area contributed by atoms with Crippen LogP contribution in [0.25, 0.3) is 11.1 Å². The summed E-state index contributed by atoms with van der Waals surface area (Å²) in [7, 11) is 2.07. The van der Waals surface area contributed by atoms with Crippen LogP contribution in [0, 0.1) is 17.2 Å². The zero-order chi connectivity index (χ0) is 23.3. The molecule has 3 atom stereocenters. The average Bonchev–Trinajstić information content (AvgIpc) is 2.80. The third-order valence-electron chi connectivity index (χ3n) is 5.94. The number of nitrogens with zero attached hydrogens (tertiary/aromatic N) is 4. The zero-order valence-corrected chi connectivity index (χ0v) is 19.3. The van der Waals surface area contributed by atoms with E-state index in [0.29, 0.717) is 23.6 Å². The summed E-state index contributed by atoms with van der Waals surface area (Å²) in [4.78, 5) is 22.0. The number of hydrogen-bond donors (Lipinski definition) is 1. The minimum absolute atomic E-state index is 0.0641. The number of nitriles is 1. The molecular weight excluding hydrogens is 404 g/mol. The van der Waals surface area contributed by atoms with E-state index >= 15 is 0 Å². The summed E-state index contributed by atoms with van der Waals surface area (Å²) in [6, 6.07) is 10.8. The van der Waals surface area contributed by atoms with Gasteiger partial charge in [0, 0.05) is 30.8 Å². The van der Waals surface area contributed by atoms with Gasteiger partial charge in [0.25, 0.3) is 5.91 Å². The van der Waals surface area contributed by atoms with E-state index in [1.54, 1.807) is 29.3 Å². The molecule has 1 amide bonds. The highest BCUT2D eigenvalue weighted by Crippen LogP contribution is 2.30. The Labute approximate surface area is 190 Å². The number of fused-ring (bicyclic) bond motifs is 1. The molecule has 2 aromatic rings. The van der Waals surface area contributed by atoms with E-state index < -0.39 is 0 Å². The van der Waals surface area contributed by atoms with Gasteiger partial charge in [-0.15, -0.1) is 0 Å². The third-order valence-corrected chi connectivity index (χ3v) is 5.94. The first-order valence-corrected chi connectivity index (χ1v) is 11.2. The summed E-state index contributed by atoms with van der Waals surface area (Å²) in [6.45, 7) is 8.10. The fraction of sp³-hybridized carbons (Fsp3) is 0.480. The first-order chi connectivity index (χ1) is 15.4. The minimum atomic E-state index is -0.324. The van der Waals surface area contributed by atoms with Crippen LogP contribution in [0.1, 0.15) is 43.1 Å². The smallest absolute Gasteiger partial charge is 0.259 e. The largest absolute Gasteiger partial charge is 0.472 e. The molecule has 7 heteroatoms. The number of pyridine rings is 1. The second-order valence-corrected chi connectivity index (χ2v) is 8.65. The Balaban J connectivity index is 2.04. The number of hydrogen-bond acceptors (Lipinski definition) is 6. The quantitative estimate of drug-likeness (QED) is 0.717. The molecule has 7 nitrogen and oxygen atoms in total. The number of likely N-dealkylation sites (N-methyl/N-ethyl adjacent to an activating group) is 1. The van der Waals surface area contributed by atoms with Crippen LogP contribution in [0.3, 0.4) is 0 Å². The van der Waals surface area contributed by atoms with Crippen molar-refractivity contribution in [3.63, 3.8) is 0 Å². The summed E-state index contributed by atoms with van der Waals surface area (Å²) < 4.78 is 6.32. The van der Waals surface area contributed by atoms with Crippen LogP contribution in [0.4, 0.5) is 0 Å². The number of ether oxygens (including phenoxy) is 1. The van der Waals surface area contributed by atoms with Crippen LogP contribution in [0.15, 0.2) is 36.5 Å². The SMILES string of the molecule is CCCN(C)C[C@H]1Oc2ncc(-c3cccc(C#N)c3)cc2C(=O)N([C@H](C)CO)C[C@@H]1C. The van der Waals surface area contributed by atoms with Crippen molar-refractivity contribution < 1.29 is 14.6 Å². The number of aliphatic hydroxyl groups is 1. The molecule has 2 heterocycles. The first kappa shape index (κ1) is 23.7. The van der Waals surface area contributed by atoms with Gasteiger partial charge in [-0.1, -0.05) is 26.0 Å². The summed E-state index contributed by atoms with van der Waals surface area (Å²) in [5.74, 6) is 0.167. The lowest BCUT2D eigenvalue weighted by atomic mass is 9.98. The standard InChI is InChI=1S/C25H32N4O3/c1-5-9-28(4)15-23-17(2)14-29(18(3)16-30)25(31)22-11-21(13-27-24(22)32-23)20-8-6-7-19(10-20)12-26/h6-8,10-11,13,17-18,23,30H,5,9,14-16H2,1-4H3/t17-,18+,23+/m0/s1. The molecule has 0 saturated carbocycles. The summed E-state index contributed by atoms with van der Waals surface area (Å²) in [5, 5.41) is 19.0. The van der Waals surface area contributed by atoms with E-state index in [2.05, 4.69) is 36.8 Å². The molecule has 0 spiro atoms. The third kappa shape index (κ3) is 5.26. The molecule has 0 fully saturated rings. The Bertz CT molecular complexity index is 987. The lowest BCUT2D eigenvalue weighted by Crippen LogP contribution is -2.50. The van der Waals surface area contributed by atoms with E-state index in [-0.39, 0.29) is 30.6 Å². The van der Waals surface area contributed by atoms with E-state index in [4.69, 9.17) is 4.74 Å². The van der Waals surface area contributed by atoms with Crippen LogP contribution in [-0.2, 0) is 0 Å². The van der Waals surface area contributed by atoms with Gasteiger partial charge < -0.3 is 19.6 Å². The monoisotopic (exact) mass is 436 g/mol. The Morgan fingerprint density at radius 2 is 2.16 bits per heavy atom. The fourth-order valence-electron chi connectivity index (χ4n) is 4.03. The molecule has 32 heavy (non-hydrogen) atoms. The maximum absolute atomic E-state index is 13.5. The number of amides is 1. The van der Waals surface area contributed by atoms with Crippen LogP contribution in [0.2, 0.25) is 0 Å². The van der Waals surface area contributed by atoms with Crippen molar-refractivity contribution in [2.45, 2.75) is 39.3 Å². The summed E-state index contributed by atoms with van der Waals surface area (Å²) >= 11 is 0. The molecule has 1 aliphatic heterocycles. The van der Waals surface area contributed by atoms with Crippen molar-refractivity contribution in [3.8, 4) is 23.1 Å². The van der Waals surface area contributed by atoms with Crippen molar-refractivity contribution in [1.82, 2.24) is 14.8 Å². The molecule has 0 unspecified atom stereocenters. The van der Waals surface area contributed by atoms with Gasteiger partial charge in [-0.2, -0.15) is 5.26 Å². The van der Waals surface area contributed by atoms with Gasteiger partial charge in [-0.05, 0) is 50.7 Å². The Kier molecular flexibility index (Phi) is 7.84. The van der Waals surface area contributed by atoms with Gasteiger partial charge in [-0.3, -0.25) is 4.79 Å². The first-order valence-electron chi connectivity index (χ1n) is 11.2. The Morgan fingerprint density at radius 1 is 1.38 bits per heavy atom. The van der Waals surface area contributed by atoms with E-state index in [0.717, 1.165) is 30.6 Å². The molecule has 1 N–H and O–H groups in total. The lowest BCUT2D eigenvalue weighted by Gasteiger charge is -2.37. The van der Waals surface area contributed by atoms with Crippen LogP contribution < -0.4 is 4.74 Å². The highest BCUT2D eigenvalue weighted by molar-refractivity contribution is 5.98. The van der Waals surface area contributed by atoms with Crippen molar-refractivity contribution >= 4 is 5.91 Å². The van der Waals surface area contributed by atoms with Crippen molar-refractivity contribution in [1.29, 1.82) is 5.26 Å². The lowest BCUT2D eigenvalue weighted by molar-refractivity contribution is 0.0331. The van der Waals surface area contributed by atoms with Crippen molar-refractivity contribution in [3.05, 3.63) is 47.7 Å². The number of benzene rings is 1. The van der Waals surface area contributed by atoms with Gasteiger partial charge in [0.1, 0.15) is 11.7 Å². The predicted molar refractivity (Wildman–Crippen MR) is 123 cm³/mol. The predicted octanol–water partition coefficient (Wildman–Crippen LogP) is 3.18. The van der Waals surface area contributed by atoms with E-state index in [1.807, 2.05) is 19.1 Å². The summed E-state index contributed by atoms with van der Waals surface area (Å²) in [6.07, 6.45) is 2.58. The van der Waals surface area contributed by atoms with Crippen LogP contribution in [0.5, 0.6) is 5.88 Å². The molecular formula is C25H32N4O3. The highest BCUT2D eigenvalue weighted by atomic mass is 16.5. The number of aromatic nitrogens is 1. The van der Waals surface area contributed by atoms with Gasteiger partial charge in [-0.25, -0.2) is 4.98 Å². The van der Waals surface area contributed by atoms with E-state index in [9.17, 15) is 15.2 Å². The normalized spacial score (nSPS) is 19.5. The number of aliphatic hydroxyl groups excluding tert-OH is 1. The molecule has 1 aromatic carbocycles. The number of rotatable bonds is 7. The van der Waals surface area contributed by atoms with Gasteiger partial charge >= 0.3 is 0 Å². The molecule has 0 saturated heterocycles. The minimum Gasteiger partial charge on any atom is -0.472 e. The Morgan fingerprint density at radius 3 is 2.84 bits per heavy atom. The Hall–Kier alpha value is -2.95. The molecule has 170 valence electrons. The second kappa shape index (κ2) is 10.6. The average molecular weight is 437 g/mol. The number of carbonyl (C=O) groups is 1. The maximum atomic E-state index is 13.5. The second-order valence-electron chi connectivity index (χ2n) is 8.65. The molecule has 0 aliphatic carbocycles. The zero-order valence-electron chi connectivity index (χ0n) is 19.3. The highest BCUT2D eigenvalue weighted by Gasteiger charge is 2.34. The number of carbonyl (C=O) groups excluding carboxylic acids is 1. The molecule has 1 aromatic heterocycles. The van der Waals surface area contributed by atoms with Gasteiger partial charge in [0.15, 0.2) is 0 Å². The topological polar surface area (TPSA) is 89.7 Å². The van der Waals surface area contributed by atoms with Gasteiger partial charge in [0.05, 0.1) is 24.3 Å². The van der Waals surface area contributed by atoms with Crippen molar-refractivity contribution in [2.75, 3.05) is 33.3 Å². The summed E-state index contributed by atoms with van der Waals surface area (Å²) in [5.41, 5.74) is 2.46. The van der Waals surface area contributed by atoms with Crippen LogP contribution >= 0.6 is 0 Å².